The van der Waals surface area contributed by atoms with Gasteiger partial charge in [0.1, 0.15) is 0 Å². The van der Waals surface area contributed by atoms with E-state index in [0.717, 1.165) is 23.0 Å². The molecule has 14 heavy (non-hydrogen) atoms. The molecule has 1 aromatic carbocycles. The van der Waals surface area contributed by atoms with Crippen LogP contribution in [0.1, 0.15) is 6.92 Å². The Morgan fingerprint density at radius 3 is 2.93 bits per heavy atom. The van der Waals surface area contributed by atoms with Crippen LogP contribution < -0.4 is 4.90 Å². The number of H-pyrrole nitrogens is 1. The van der Waals surface area contributed by atoms with Crippen LogP contribution >= 0.6 is 0 Å². The number of amides is 1. The van der Waals surface area contributed by atoms with Gasteiger partial charge in [0.15, 0.2) is 0 Å². The molecule has 3 heteroatoms. The molecule has 0 saturated carbocycles. The second-order valence-electron chi connectivity index (χ2n) is 3.11. The largest absolute Gasteiger partial charge is 0.359 e. The monoisotopic (exact) mass is 188 g/mol. The third-order valence-electron chi connectivity index (χ3n) is 2.34. The smallest absolute Gasteiger partial charge is 0.214 e. The third kappa shape index (κ3) is 1.27. The predicted molar refractivity (Wildman–Crippen MR) is 57.4 cm³/mol. The molecule has 0 aliphatic rings. The number of hydrogen-bond acceptors (Lipinski definition) is 1. The Hall–Kier alpha value is -1.77. The van der Waals surface area contributed by atoms with Crippen molar-refractivity contribution in [3.63, 3.8) is 0 Å². The maximum absolute atomic E-state index is 10.8. The summed E-state index contributed by atoms with van der Waals surface area (Å²) in [6.45, 7) is 2.64. The molecule has 1 N–H and O–H groups in total. The molecule has 0 spiro atoms. The number of benzene rings is 1. The van der Waals surface area contributed by atoms with Crippen molar-refractivity contribution in [3.8, 4) is 0 Å². The summed E-state index contributed by atoms with van der Waals surface area (Å²) in [5.41, 5.74) is 2.00. The van der Waals surface area contributed by atoms with Crippen molar-refractivity contribution in [2.45, 2.75) is 6.92 Å². The third-order valence-corrected chi connectivity index (χ3v) is 2.34. The van der Waals surface area contributed by atoms with Crippen LogP contribution in [0, 0.1) is 0 Å². The summed E-state index contributed by atoms with van der Waals surface area (Å²) in [6.07, 6.45) is 2.72. The maximum Gasteiger partial charge on any atom is 0.214 e. The molecular weight excluding hydrogens is 176 g/mol. The number of rotatable bonds is 3. The van der Waals surface area contributed by atoms with Crippen LogP contribution in [0.4, 0.5) is 5.69 Å². The molecule has 0 unspecified atom stereocenters. The van der Waals surface area contributed by atoms with Crippen molar-refractivity contribution in [1.29, 1.82) is 0 Å². The number of anilines is 1. The number of aromatic amines is 1. The fourth-order valence-electron chi connectivity index (χ4n) is 1.60. The topological polar surface area (TPSA) is 36.1 Å². The highest BCUT2D eigenvalue weighted by Crippen LogP contribution is 2.25. The van der Waals surface area contributed by atoms with E-state index < -0.39 is 0 Å². The molecule has 2 aromatic rings. The number of fused-ring (bicyclic) bond motifs is 1. The zero-order chi connectivity index (χ0) is 9.97. The van der Waals surface area contributed by atoms with Crippen LogP contribution in [-0.4, -0.2) is 17.9 Å². The maximum atomic E-state index is 10.8. The van der Waals surface area contributed by atoms with Crippen LogP contribution in [-0.2, 0) is 4.79 Å². The molecule has 72 valence electrons. The van der Waals surface area contributed by atoms with Crippen molar-refractivity contribution >= 4 is 23.0 Å². The summed E-state index contributed by atoms with van der Waals surface area (Å²) in [4.78, 5) is 15.6. The summed E-state index contributed by atoms with van der Waals surface area (Å²) < 4.78 is 0. The van der Waals surface area contributed by atoms with Gasteiger partial charge in [-0.1, -0.05) is 18.2 Å². The van der Waals surface area contributed by atoms with Crippen molar-refractivity contribution < 1.29 is 4.79 Å². The Morgan fingerprint density at radius 1 is 1.43 bits per heavy atom. The van der Waals surface area contributed by atoms with E-state index >= 15 is 0 Å². The number of nitrogens with one attached hydrogen (secondary N) is 1. The van der Waals surface area contributed by atoms with Gasteiger partial charge < -0.3 is 9.88 Å². The van der Waals surface area contributed by atoms with Gasteiger partial charge >= 0.3 is 0 Å². The van der Waals surface area contributed by atoms with Gasteiger partial charge in [-0.15, -0.1) is 0 Å². The summed E-state index contributed by atoms with van der Waals surface area (Å²) in [5, 5.41) is 1.08. The van der Waals surface area contributed by atoms with E-state index in [1.165, 1.54) is 0 Å². The van der Waals surface area contributed by atoms with Gasteiger partial charge in [-0.05, 0) is 13.0 Å². The summed E-state index contributed by atoms with van der Waals surface area (Å²) in [6, 6.07) is 7.95. The fraction of sp³-hybridized carbons (Fsp3) is 0.182. The van der Waals surface area contributed by atoms with E-state index in [1.54, 1.807) is 4.90 Å². The van der Waals surface area contributed by atoms with Crippen LogP contribution in [0.25, 0.3) is 10.9 Å². The Bertz CT molecular complexity index is 447. The molecule has 3 nitrogen and oxygen atoms in total. The van der Waals surface area contributed by atoms with Crippen molar-refractivity contribution in [2.75, 3.05) is 11.4 Å². The minimum Gasteiger partial charge on any atom is -0.359 e. The number of nitrogens with zero attached hydrogens (tertiary/aromatic N) is 1. The summed E-state index contributed by atoms with van der Waals surface area (Å²) in [7, 11) is 0. The lowest BCUT2D eigenvalue weighted by atomic mass is 10.2. The first kappa shape index (κ1) is 8.81. The Labute approximate surface area is 82.3 Å². The van der Waals surface area contributed by atoms with E-state index in [2.05, 4.69) is 4.98 Å². The lowest BCUT2D eigenvalue weighted by molar-refractivity contribution is -0.107. The van der Waals surface area contributed by atoms with Crippen molar-refractivity contribution in [3.05, 3.63) is 30.5 Å². The molecule has 0 fully saturated rings. The quantitative estimate of drug-likeness (QED) is 0.736. The van der Waals surface area contributed by atoms with E-state index in [-0.39, 0.29) is 0 Å². The normalized spacial score (nSPS) is 10.4. The van der Waals surface area contributed by atoms with E-state index in [0.29, 0.717) is 6.54 Å². The molecule has 0 bridgehead atoms. The highest BCUT2D eigenvalue weighted by Gasteiger charge is 2.07. The number of carbonyl (C=O) groups excluding carboxylic acids is 1. The standard InChI is InChI=1S/C11H12N2O/c1-2-13(8-14)11-7-12-10-6-4-3-5-9(10)11/h3-8,12H,2H2,1H3. The Balaban J connectivity index is 2.57. The van der Waals surface area contributed by atoms with Gasteiger partial charge in [-0.2, -0.15) is 0 Å². The number of para-hydroxylation sites is 1. The van der Waals surface area contributed by atoms with E-state index in [1.807, 2.05) is 37.4 Å². The molecule has 0 saturated heterocycles. The fourth-order valence-corrected chi connectivity index (χ4v) is 1.60. The lowest BCUT2D eigenvalue weighted by Crippen LogP contribution is -2.19. The number of aromatic nitrogens is 1. The predicted octanol–water partition coefficient (Wildman–Crippen LogP) is 2.15. The molecular formula is C11H12N2O. The van der Waals surface area contributed by atoms with Crippen LogP contribution in [0.15, 0.2) is 30.5 Å². The van der Waals surface area contributed by atoms with Gasteiger partial charge in [-0.25, -0.2) is 0 Å². The van der Waals surface area contributed by atoms with Crippen LogP contribution in [0.2, 0.25) is 0 Å². The SMILES string of the molecule is CCN(C=O)c1c[nH]c2ccccc12. The number of carbonyl (C=O) groups is 1. The number of hydrogen-bond donors (Lipinski definition) is 1. The van der Waals surface area contributed by atoms with Gasteiger partial charge in [0, 0.05) is 23.6 Å². The molecule has 1 amide bonds. The van der Waals surface area contributed by atoms with Gasteiger partial charge in [0.25, 0.3) is 0 Å². The summed E-state index contributed by atoms with van der Waals surface area (Å²) in [5.74, 6) is 0. The molecule has 0 atom stereocenters. The minimum absolute atomic E-state index is 0.686. The van der Waals surface area contributed by atoms with Crippen LogP contribution in [0.3, 0.4) is 0 Å². The molecule has 1 aromatic heterocycles. The first-order chi connectivity index (χ1) is 6.86. The van der Waals surface area contributed by atoms with Crippen molar-refractivity contribution in [2.24, 2.45) is 0 Å². The van der Waals surface area contributed by atoms with Gasteiger partial charge in [0.2, 0.25) is 6.41 Å². The Morgan fingerprint density at radius 2 is 2.21 bits per heavy atom. The molecule has 1 heterocycles. The van der Waals surface area contributed by atoms with Gasteiger partial charge in [-0.3, -0.25) is 4.79 Å². The molecule has 0 aliphatic heterocycles. The zero-order valence-electron chi connectivity index (χ0n) is 8.03. The Kier molecular flexibility index (Phi) is 2.23. The first-order valence-electron chi connectivity index (χ1n) is 4.65. The van der Waals surface area contributed by atoms with Gasteiger partial charge in [0.05, 0.1) is 5.69 Å². The molecule has 0 aliphatic carbocycles. The van der Waals surface area contributed by atoms with Crippen LogP contribution in [0.5, 0.6) is 0 Å². The van der Waals surface area contributed by atoms with E-state index in [4.69, 9.17) is 0 Å². The second-order valence-corrected chi connectivity index (χ2v) is 3.11. The molecule has 2 rings (SSSR count). The highest BCUT2D eigenvalue weighted by molar-refractivity contribution is 5.97. The van der Waals surface area contributed by atoms with E-state index in [9.17, 15) is 4.79 Å². The average molecular weight is 188 g/mol. The zero-order valence-corrected chi connectivity index (χ0v) is 8.03. The summed E-state index contributed by atoms with van der Waals surface area (Å²) >= 11 is 0. The highest BCUT2D eigenvalue weighted by atomic mass is 16.1. The minimum atomic E-state index is 0.686. The lowest BCUT2D eigenvalue weighted by Gasteiger charge is -2.12. The van der Waals surface area contributed by atoms with Crippen molar-refractivity contribution in [1.82, 2.24) is 4.98 Å². The second kappa shape index (κ2) is 3.54. The average Bonchev–Trinajstić information content (AvgIpc) is 2.65. The first-order valence-corrected chi connectivity index (χ1v) is 4.65. The molecule has 0 radical (unpaired) electrons.